The average Bonchev–Trinajstić information content (AvgIpc) is 3.04. The fourth-order valence-corrected chi connectivity index (χ4v) is 5.13. The molecular weight excluding hydrogens is 362 g/mol. The van der Waals surface area contributed by atoms with E-state index in [4.69, 9.17) is 4.74 Å². The summed E-state index contributed by atoms with van der Waals surface area (Å²) in [5.41, 5.74) is 1.37. The Kier molecular flexibility index (Phi) is 6.16. The summed E-state index contributed by atoms with van der Waals surface area (Å²) < 4.78 is 29.6. The summed E-state index contributed by atoms with van der Waals surface area (Å²) in [5.74, 6) is 0.837. The molecule has 0 N–H and O–H groups in total. The van der Waals surface area contributed by atoms with Crippen molar-refractivity contribution in [2.24, 2.45) is 0 Å². The molecule has 0 radical (unpaired) electrons. The number of sulfone groups is 1. The van der Waals surface area contributed by atoms with Gasteiger partial charge in [0.15, 0.2) is 9.84 Å². The molecule has 1 aliphatic rings. The summed E-state index contributed by atoms with van der Waals surface area (Å²) in [4.78, 5) is 15.0. The van der Waals surface area contributed by atoms with E-state index in [2.05, 4.69) is 0 Å². The first-order valence-electron chi connectivity index (χ1n) is 9.27. The number of carbonyl (C=O) groups excluding carboxylic acids is 1. The molecule has 0 aromatic heterocycles. The van der Waals surface area contributed by atoms with Crippen LogP contribution in [-0.4, -0.2) is 43.3 Å². The molecular formula is C21H25NO4S. The smallest absolute Gasteiger partial charge is 0.254 e. The van der Waals surface area contributed by atoms with Crippen LogP contribution < -0.4 is 4.74 Å². The van der Waals surface area contributed by atoms with Crippen molar-refractivity contribution in [2.45, 2.75) is 32.4 Å². The van der Waals surface area contributed by atoms with E-state index in [1.807, 2.05) is 55.5 Å². The van der Waals surface area contributed by atoms with Crippen molar-refractivity contribution in [1.29, 1.82) is 0 Å². The third-order valence-corrected chi connectivity index (χ3v) is 6.51. The molecule has 1 aliphatic heterocycles. The first-order chi connectivity index (χ1) is 13.0. The van der Waals surface area contributed by atoms with Gasteiger partial charge in [-0.25, -0.2) is 8.42 Å². The molecule has 27 heavy (non-hydrogen) atoms. The topological polar surface area (TPSA) is 63.7 Å². The fraction of sp³-hybridized carbons (Fsp3) is 0.381. The third-order valence-electron chi connectivity index (χ3n) is 4.76. The van der Waals surface area contributed by atoms with Gasteiger partial charge < -0.3 is 9.64 Å². The second-order valence-electron chi connectivity index (χ2n) is 6.81. The maximum Gasteiger partial charge on any atom is 0.254 e. The Morgan fingerprint density at radius 3 is 2.48 bits per heavy atom. The van der Waals surface area contributed by atoms with Gasteiger partial charge in [-0.1, -0.05) is 43.3 Å². The van der Waals surface area contributed by atoms with Crippen molar-refractivity contribution in [1.82, 2.24) is 4.90 Å². The second kappa shape index (κ2) is 8.57. The van der Waals surface area contributed by atoms with Gasteiger partial charge in [0.1, 0.15) is 12.4 Å². The van der Waals surface area contributed by atoms with Gasteiger partial charge in [-0.15, -0.1) is 0 Å². The quantitative estimate of drug-likeness (QED) is 0.731. The Hall–Kier alpha value is -2.34. The molecule has 1 amide bonds. The first kappa shape index (κ1) is 19.4. The van der Waals surface area contributed by atoms with Crippen molar-refractivity contribution >= 4 is 15.7 Å². The zero-order valence-corrected chi connectivity index (χ0v) is 16.3. The first-order valence-corrected chi connectivity index (χ1v) is 11.1. The number of para-hydroxylation sites is 1. The Morgan fingerprint density at radius 1 is 1.11 bits per heavy atom. The standard InChI is InChI=1S/C21H25NO4S/c1-2-13-22(18-12-14-27(24,25)16-18)21(23)20-11-7-6-8-17(20)15-26-19-9-4-3-5-10-19/h3-11,18H,2,12-16H2,1H3/t18-/m1/s1. The summed E-state index contributed by atoms with van der Waals surface area (Å²) in [6, 6.07) is 16.6. The van der Waals surface area contributed by atoms with E-state index in [0.717, 1.165) is 17.7 Å². The minimum atomic E-state index is -3.05. The number of benzene rings is 2. The van der Waals surface area contributed by atoms with Crippen LogP contribution in [0.25, 0.3) is 0 Å². The third kappa shape index (κ3) is 4.89. The second-order valence-corrected chi connectivity index (χ2v) is 9.04. The lowest BCUT2D eigenvalue weighted by Gasteiger charge is -2.28. The molecule has 1 heterocycles. The highest BCUT2D eigenvalue weighted by molar-refractivity contribution is 7.91. The van der Waals surface area contributed by atoms with E-state index in [1.54, 1.807) is 11.0 Å². The van der Waals surface area contributed by atoms with E-state index in [-0.39, 0.29) is 30.1 Å². The lowest BCUT2D eigenvalue weighted by atomic mass is 10.1. The SMILES string of the molecule is CCCN(C(=O)c1ccccc1COc1ccccc1)[C@@H]1CCS(=O)(=O)C1. The summed E-state index contributed by atoms with van der Waals surface area (Å²) >= 11 is 0. The van der Waals surface area contributed by atoms with E-state index in [9.17, 15) is 13.2 Å². The van der Waals surface area contributed by atoms with Crippen LogP contribution in [0.3, 0.4) is 0 Å². The molecule has 5 nitrogen and oxygen atoms in total. The van der Waals surface area contributed by atoms with E-state index in [1.165, 1.54) is 0 Å². The number of ether oxygens (including phenoxy) is 1. The van der Waals surface area contributed by atoms with Gasteiger partial charge in [-0.2, -0.15) is 0 Å². The van der Waals surface area contributed by atoms with Crippen LogP contribution in [0.5, 0.6) is 5.75 Å². The van der Waals surface area contributed by atoms with Gasteiger partial charge in [0, 0.05) is 23.7 Å². The Morgan fingerprint density at radius 2 is 1.81 bits per heavy atom. The zero-order valence-electron chi connectivity index (χ0n) is 15.5. The van der Waals surface area contributed by atoms with Crippen LogP contribution in [0.4, 0.5) is 0 Å². The Bertz CT molecular complexity index is 880. The number of nitrogens with zero attached hydrogens (tertiary/aromatic N) is 1. The number of amides is 1. The molecule has 6 heteroatoms. The Labute approximate surface area is 160 Å². The van der Waals surface area contributed by atoms with E-state index in [0.29, 0.717) is 18.5 Å². The van der Waals surface area contributed by atoms with Crippen LogP contribution in [0.15, 0.2) is 54.6 Å². The van der Waals surface area contributed by atoms with Crippen molar-refractivity contribution in [2.75, 3.05) is 18.1 Å². The highest BCUT2D eigenvalue weighted by Crippen LogP contribution is 2.22. The molecule has 0 saturated carbocycles. The highest BCUT2D eigenvalue weighted by Gasteiger charge is 2.35. The molecule has 0 spiro atoms. The van der Waals surface area contributed by atoms with Crippen LogP contribution in [0.2, 0.25) is 0 Å². The van der Waals surface area contributed by atoms with Crippen LogP contribution in [0, 0.1) is 0 Å². The molecule has 1 atom stereocenters. The zero-order chi connectivity index (χ0) is 19.3. The largest absolute Gasteiger partial charge is 0.489 e. The van der Waals surface area contributed by atoms with Crippen molar-refractivity contribution < 1.29 is 17.9 Å². The molecule has 3 rings (SSSR count). The molecule has 0 bridgehead atoms. The highest BCUT2D eigenvalue weighted by atomic mass is 32.2. The van der Waals surface area contributed by atoms with E-state index >= 15 is 0 Å². The summed E-state index contributed by atoms with van der Waals surface area (Å²) in [6.07, 6.45) is 1.29. The molecule has 0 aliphatic carbocycles. The predicted octanol–water partition coefficient (Wildman–Crippen LogP) is 3.30. The van der Waals surface area contributed by atoms with Crippen LogP contribution in [-0.2, 0) is 16.4 Å². The molecule has 2 aromatic rings. The number of hydrogen-bond acceptors (Lipinski definition) is 4. The van der Waals surface area contributed by atoms with Gasteiger partial charge in [-0.05, 0) is 31.0 Å². The van der Waals surface area contributed by atoms with E-state index < -0.39 is 9.84 Å². The fourth-order valence-electron chi connectivity index (χ4n) is 3.40. The molecule has 1 fully saturated rings. The number of rotatable bonds is 7. The normalized spacial score (nSPS) is 18.2. The monoisotopic (exact) mass is 387 g/mol. The summed E-state index contributed by atoms with van der Waals surface area (Å²) in [5, 5.41) is 0. The van der Waals surface area contributed by atoms with Crippen LogP contribution in [0.1, 0.15) is 35.7 Å². The minimum absolute atomic E-state index is 0.0570. The van der Waals surface area contributed by atoms with Gasteiger partial charge in [0.05, 0.1) is 11.5 Å². The minimum Gasteiger partial charge on any atom is -0.489 e. The molecule has 1 saturated heterocycles. The average molecular weight is 388 g/mol. The Balaban J connectivity index is 1.80. The van der Waals surface area contributed by atoms with Crippen molar-refractivity contribution in [3.8, 4) is 5.75 Å². The molecule has 144 valence electrons. The maximum absolute atomic E-state index is 13.2. The van der Waals surface area contributed by atoms with Crippen LogP contribution >= 0.6 is 0 Å². The lowest BCUT2D eigenvalue weighted by Crippen LogP contribution is -2.42. The summed E-state index contributed by atoms with van der Waals surface area (Å²) in [6.45, 7) is 2.83. The number of carbonyl (C=O) groups is 1. The number of hydrogen-bond donors (Lipinski definition) is 0. The lowest BCUT2D eigenvalue weighted by molar-refractivity contribution is 0.0694. The maximum atomic E-state index is 13.2. The van der Waals surface area contributed by atoms with Gasteiger partial charge in [-0.3, -0.25) is 4.79 Å². The summed E-state index contributed by atoms with van der Waals surface area (Å²) in [7, 11) is -3.05. The van der Waals surface area contributed by atoms with Gasteiger partial charge >= 0.3 is 0 Å². The van der Waals surface area contributed by atoms with Gasteiger partial charge in [0.2, 0.25) is 0 Å². The predicted molar refractivity (Wildman–Crippen MR) is 106 cm³/mol. The molecule has 0 unspecified atom stereocenters. The molecule has 2 aromatic carbocycles. The van der Waals surface area contributed by atoms with Crippen molar-refractivity contribution in [3.05, 3.63) is 65.7 Å². The van der Waals surface area contributed by atoms with Gasteiger partial charge in [0.25, 0.3) is 5.91 Å². The van der Waals surface area contributed by atoms with Crippen molar-refractivity contribution in [3.63, 3.8) is 0 Å².